The highest BCUT2D eigenvalue weighted by atomic mass is 32.1. The molecule has 1 saturated heterocycles. The third kappa shape index (κ3) is 2.56. The second-order valence-electron chi connectivity index (χ2n) is 7.68. The number of piperidine rings is 1. The first-order chi connectivity index (χ1) is 12.2. The molecule has 130 valence electrons. The molecule has 0 aliphatic carbocycles. The zero-order chi connectivity index (χ0) is 17.0. The van der Waals surface area contributed by atoms with Crippen LogP contribution in [0.3, 0.4) is 0 Å². The first-order valence-electron chi connectivity index (χ1n) is 9.36. The zero-order valence-electron chi connectivity index (χ0n) is 14.6. The van der Waals surface area contributed by atoms with E-state index in [2.05, 4.69) is 29.3 Å². The van der Waals surface area contributed by atoms with Gasteiger partial charge in [0, 0.05) is 30.6 Å². The molecule has 4 nitrogen and oxygen atoms in total. The third-order valence-corrected chi connectivity index (χ3v) is 6.63. The number of hydrogen-bond donors (Lipinski definition) is 0. The molecule has 0 spiro atoms. The van der Waals surface area contributed by atoms with Crippen molar-refractivity contribution in [2.75, 3.05) is 29.4 Å². The van der Waals surface area contributed by atoms with E-state index in [0.717, 1.165) is 49.2 Å². The summed E-state index contributed by atoms with van der Waals surface area (Å²) in [7, 11) is 0. The van der Waals surface area contributed by atoms with Crippen LogP contribution in [0.5, 0.6) is 0 Å². The number of carbonyl (C=O) groups is 1. The molecular formula is C20H23N3OS. The maximum absolute atomic E-state index is 12.2. The van der Waals surface area contributed by atoms with E-state index in [1.165, 1.54) is 35.2 Å². The predicted octanol–water partition coefficient (Wildman–Crippen LogP) is 3.88. The molecule has 4 heterocycles. The highest BCUT2D eigenvalue weighted by Gasteiger charge is 2.32. The molecule has 5 rings (SSSR count). The quantitative estimate of drug-likeness (QED) is 0.822. The molecule has 1 atom stereocenters. The van der Waals surface area contributed by atoms with Crippen LogP contribution >= 0.6 is 11.3 Å². The summed E-state index contributed by atoms with van der Waals surface area (Å²) in [6.07, 6.45) is 5.28. The van der Waals surface area contributed by atoms with Crippen LogP contribution in [0.4, 0.5) is 10.8 Å². The number of amides is 1. The SMILES string of the molecule is CC1CCCN(c2nc(-c3cc4c5c(c3)CC(=O)N5CCC4)cs2)C1. The smallest absolute Gasteiger partial charge is 0.231 e. The van der Waals surface area contributed by atoms with E-state index in [1.807, 2.05) is 4.90 Å². The second kappa shape index (κ2) is 5.84. The Kier molecular flexibility index (Phi) is 3.59. The van der Waals surface area contributed by atoms with E-state index in [0.29, 0.717) is 6.42 Å². The van der Waals surface area contributed by atoms with Crippen molar-refractivity contribution >= 4 is 28.1 Å². The molecule has 1 aromatic heterocycles. The number of aromatic nitrogens is 1. The predicted molar refractivity (Wildman–Crippen MR) is 103 cm³/mol. The molecule has 0 saturated carbocycles. The highest BCUT2D eigenvalue weighted by molar-refractivity contribution is 7.14. The van der Waals surface area contributed by atoms with Crippen LogP contribution in [0, 0.1) is 5.92 Å². The molecule has 25 heavy (non-hydrogen) atoms. The lowest BCUT2D eigenvalue weighted by molar-refractivity contribution is -0.117. The summed E-state index contributed by atoms with van der Waals surface area (Å²) >= 11 is 1.75. The van der Waals surface area contributed by atoms with Gasteiger partial charge in [0.1, 0.15) is 0 Å². The molecule has 0 radical (unpaired) electrons. The Labute approximate surface area is 152 Å². The lowest BCUT2D eigenvalue weighted by Gasteiger charge is -2.30. The van der Waals surface area contributed by atoms with Crippen molar-refractivity contribution in [2.24, 2.45) is 5.92 Å². The Morgan fingerprint density at radius 1 is 1.20 bits per heavy atom. The molecule has 0 bridgehead atoms. The summed E-state index contributed by atoms with van der Waals surface area (Å²) in [4.78, 5) is 21.6. The van der Waals surface area contributed by atoms with Gasteiger partial charge in [-0.05, 0) is 54.9 Å². The van der Waals surface area contributed by atoms with Gasteiger partial charge in [-0.15, -0.1) is 11.3 Å². The highest BCUT2D eigenvalue weighted by Crippen LogP contribution is 2.40. The van der Waals surface area contributed by atoms with Crippen LogP contribution in [0.1, 0.15) is 37.3 Å². The number of nitrogens with zero attached hydrogens (tertiary/aromatic N) is 3. The van der Waals surface area contributed by atoms with Crippen molar-refractivity contribution in [2.45, 2.75) is 39.0 Å². The van der Waals surface area contributed by atoms with Crippen LogP contribution in [0.25, 0.3) is 11.3 Å². The summed E-state index contributed by atoms with van der Waals surface area (Å²) in [5.41, 5.74) is 5.95. The molecule has 1 aromatic carbocycles. The Bertz CT molecular complexity index is 843. The standard InChI is InChI=1S/C20H23N3OS/c1-13-4-2-6-22(11-13)20-21-17(12-25-20)15-8-14-5-3-7-23-18(24)10-16(9-15)19(14)23/h8-9,12-13H,2-7,10-11H2,1H3. The average molecular weight is 353 g/mol. The topological polar surface area (TPSA) is 36.4 Å². The van der Waals surface area contributed by atoms with Crippen LogP contribution in [-0.2, 0) is 17.6 Å². The first-order valence-corrected chi connectivity index (χ1v) is 10.2. The number of aryl methyl sites for hydroxylation is 1. The fraction of sp³-hybridized carbons (Fsp3) is 0.500. The summed E-state index contributed by atoms with van der Waals surface area (Å²) in [5, 5.41) is 3.33. The number of anilines is 2. The van der Waals surface area contributed by atoms with Gasteiger partial charge in [-0.3, -0.25) is 4.79 Å². The number of rotatable bonds is 2. The van der Waals surface area contributed by atoms with E-state index in [4.69, 9.17) is 4.98 Å². The summed E-state index contributed by atoms with van der Waals surface area (Å²) < 4.78 is 0. The maximum Gasteiger partial charge on any atom is 0.231 e. The van der Waals surface area contributed by atoms with Crippen molar-refractivity contribution in [3.05, 3.63) is 28.6 Å². The van der Waals surface area contributed by atoms with Crippen molar-refractivity contribution in [3.8, 4) is 11.3 Å². The Hall–Kier alpha value is -1.88. The van der Waals surface area contributed by atoms with Gasteiger partial charge in [0.15, 0.2) is 5.13 Å². The zero-order valence-corrected chi connectivity index (χ0v) is 15.4. The molecule has 3 aliphatic heterocycles. The van der Waals surface area contributed by atoms with Gasteiger partial charge in [-0.1, -0.05) is 6.92 Å². The van der Waals surface area contributed by atoms with E-state index in [1.54, 1.807) is 11.3 Å². The third-order valence-electron chi connectivity index (χ3n) is 5.72. The fourth-order valence-corrected chi connectivity index (χ4v) is 5.40. The van der Waals surface area contributed by atoms with E-state index in [9.17, 15) is 4.79 Å². The minimum Gasteiger partial charge on any atom is -0.348 e. The Morgan fingerprint density at radius 3 is 2.96 bits per heavy atom. The van der Waals surface area contributed by atoms with Gasteiger partial charge >= 0.3 is 0 Å². The van der Waals surface area contributed by atoms with E-state index >= 15 is 0 Å². The van der Waals surface area contributed by atoms with Crippen LogP contribution in [0.15, 0.2) is 17.5 Å². The number of benzene rings is 1. The van der Waals surface area contributed by atoms with Crippen LogP contribution in [-0.4, -0.2) is 30.5 Å². The van der Waals surface area contributed by atoms with E-state index in [-0.39, 0.29) is 5.91 Å². The average Bonchev–Trinajstić information content (AvgIpc) is 3.22. The molecular weight excluding hydrogens is 330 g/mol. The lowest BCUT2D eigenvalue weighted by Crippen LogP contribution is -2.34. The molecule has 1 unspecified atom stereocenters. The largest absolute Gasteiger partial charge is 0.348 e. The Morgan fingerprint density at radius 2 is 2.08 bits per heavy atom. The fourth-order valence-electron chi connectivity index (χ4n) is 4.53. The molecule has 3 aliphatic rings. The molecule has 1 amide bonds. The number of thiazole rings is 1. The summed E-state index contributed by atoms with van der Waals surface area (Å²) in [6, 6.07) is 4.46. The first kappa shape index (κ1) is 15.4. The van der Waals surface area contributed by atoms with Crippen molar-refractivity contribution in [3.63, 3.8) is 0 Å². The van der Waals surface area contributed by atoms with Gasteiger partial charge in [0.05, 0.1) is 17.8 Å². The van der Waals surface area contributed by atoms with Gasteiger partial charge < -0.3 is 9.80 Å². The van der Waals surface area contributed by atoms with Crippen molar-refractivity contribution < 1.29 is 4.79 Å². The van der Waals surface area contributed by atoms with Gasteiger partial charge in [-0.2, -0.15) is 0 Å². The van der Waals surface area contributed by atoms with E-state index < -0.39 is 0 Å². The second-order valence-corrected chi connectivity index (χ2v) is 8.51. The van der Waals surface area contributed by atoms with Gasteiger partial charge in [-0.25, -0.2) is 4.98 Å². The Balaban J connectivity index is 1.49. The van der Waals surface area contributed by atoms with Crippen LogP contribution in [0.2, 0.25) is 0 Å². The van der Waals surface area contributed by atoms with Crippen molar-refractivity contribution in [1.82, 2.24) is 4.98 Å². The molecule has 5 heteroatoms. The molecule has 0 N–H and O–H groups in total. The summed E-state index contributed by atoms with van der Waals surface area (Å²) in [6.45, 7) is 5.45. The summed E-state index contributed by atoms with van der Waals surface area (Å²) in [5.74, 6) is 1.01. The van der Waals surface area contributed by atoms with Crippen molar-refractivity contribution in [1.29, 1.82) is 0 Å². The molecule has 1 fully saturated rings. The monoisotopic (exact) mass is 353 g/mol. The minimum absolute atomic E-state index is 0.259. The minimum atomic E-state index is 0.259. The number of carbonyl (C=O) groups excluding carboxylic acids is 1. The van der Waals surface area contributed by atoms with Crippen LogP contribution < -0.4 is 9.80 Å². The van der Waals surface area contributed by atoms with Gasteiger partial charge in [0.2, 0.25) is 5.91 Å². The van der Waals surface area contributed by atoms with Gasteiger partial charge in [0.25, 0.3) is 0 Å². The number of hydrogen-bond acceptors (Lipinski definition) is 4. The maximum atomic E-state index is 12.2. The molecule has 2 aromatic rings. The lowest BCUT2D eigenvalue weighted by atomic mass is 9.96. The normalized spacial score (nSPS) is 22.4.